The van der Waals surface area contributed by atoms with Crippen LogP contribution < -0.4 is 15.4 Å². The van der Waals surface area contributed by atoms with Gasteiger partial charge >= 0.3 is 6.03 Å². The van der Waals surface area contributed by atoms with Crippen LogP contribution in [0.4, 0.5) is 20.8 Å². The molecule has 0 spiro atoms. The van der Waals surface area contributed by atoms with Crippen molar-refractivity contribution in [2.45, 2.75) is 26.2 Å². The van der Waals surface area contributed by atoms with E-state index in [0.29, 0.717) is 17.3 Å². The molecule has 0 unspecified atom stereocenters. The Balaban J connectivity index is 1.41. The van der Waals surface area contributed by atoms with E-state index >= 15 is 0 Å². The van der Waals surface area contributed by atoms with Gasteiger partial charge in [-0.2, -0.15) is 5.10 Å². The fourth-order valence-electron chi connectivity index (χ4n) is 2.66. The number of urea groups is 1. The monoisotopic (exact) mass is 437 g/mol. The Morgan fingerprint density at radius 3 is 2.62 bits per heavy atom. The number of hydrogen-bond donors (Lipinski definition) is 2. The van der Waals surface area contributed by atoms with Crippen LogP contribution in [0.5, 0.6) is 11.5 Å². The molecule has 0 saturated heterocycles. The molecule has 0 fully saturated rings. The van der Waals surface area contributed by atoms with Crippen LogP contribution in [0.1, 0.15) is 26.5 Å². The van der Waals surface area contributed by atoms with Crippen molar-refractivity contribution in [1.29, 1.82) is 0 Å². The van der Waals surface area contributed by atoms with Crippen LogP contribution in [-0.4, -0.2) is 30.9 Å². The number of aromatic nitrogens is 5. The Morgan fingerprint density at radius 1 is 1.12 bits per heavy atom. The minimum Gasteiger partial charge on any atom is -0.457 e. The first-order valence-corrected chi connectivity index (χ1v) is 9.61. The number of rotatable bonds is 5. The van der Waals surface area contributed by atoms with Gasteiger partial charge in [0.1, 0.15) is 30.0 Å². The minimum atomic E-state index is -0.670. The molecular formula is C21H20FN7O3. The van der Waals surface area contributed by atoms with Crippen molar-refractivity contribution >= 4 is 17.6 Å². The molecule has 0 radical (unpaired) electrons. The Kier molecular flexibility index (Phi) is 5.54. The maximum absolute atomic E-state index is 14.5. The standard InChI is InChI=1S/C21H20FN7O3/c1-21(2,3)17-10-19(32-28-17)27-20(30)26-16-5-4-13(8-15(16)22)31-14-6-7-24-18(9-14)29-12-23-11-25-29/h4-12H,1-3H3,(H2,26,27,30). The average Bonchev–Trinajstić information content (AvgIpc) is 3.42. The smallest absolute Gasteiger partial charge is 0.326 e. The summed E-state index contributed by atoms with van der Waals surface area (Å²) in [4.78, 5) is 20.2. The van der Waals surface area contributed by atoms with Gasteiger partial charge in [-0.1, -0.05) is 25.9 Å². The highest BCUT2D eigenvalue weighted by Gasteiger charge is 2.20. The van der Waals surface area contributed by atoms with Gasteiger partial charge in [0.25, 0.3) is 0 Å². The van der Waals surface area contributed by atoms with Crippen LogP contribution >= 0.6 is 0 Å². The molecule has 4 rings (SSSR count). The average molecular weight is 437 g/mol. The molecule has 3 aromatic heterocycles. The summed E-state index contributed by atoms with van der Waals surface area (Å²) in [5, 5.41) is 12.8. The summed E-state index contributed by atoms with van der Waals surface area (Å²) < 4.78 is 26.8. The van der Waals surface area contributed by atoms with Crippen LogP contribution in [0.15, 0.2) is 59.8 Å². The summed E-state index contributed by atoms with van der Waals surface area (Å²) >= 11 is 0. The molecule has 0 bridgehead atoms. The van der Waals surface area contributed by atoms with Crippen LogP contribution in [0.25, 0.3) is 5.82 Å². The zero-order chi connectivity index (χ0) is 22.7. The highest BCUT2D eigenvalue weighted by atomic mass is 19.1. The SMILES string of the molecule is CC(C)(C)c1cc(NC(=O)Nc2ccc(Oc3ccnc(-n4cncn4)c3)cc2F)on1. The van der Waals surface area contributed by atoms with Crippen LogP contribution in [0.3, 0.4) is 0 Å². The molecule has 2 N–H and O–H groups in total. The van der Waals surface area contributed by atoms with Crippen molar-refractivity contribution in [1.82, 2.24) is 24.9 Å². The third-order valence-electron chi connectivity index (χ3n) is 4.31. The largest absolute Gasteiger partial charge is 0.457 e. The summed E-state index contributed by atoms with van der Waals surface area (Å²) in [7, 11) is 0. The summed E-state index contributed by atoms with van der Waals surface area (Å²) in [6, 6.07) is 8.30. The summed E-state index contributed by atoms with van der Waals surface area (Å²) in [6.45, 7) is 5.90. The molecule has 3 heterocycles. The molecular weight excluding hydrogens is 417 g/mol. The molecule has 164 valence electrons. The lowest BCUT2D eigenvalue weighted by Gasteiger charge is -2.12. The van der Waals surface area contributed by atoms with Gasteiger partial charge in [0.05, 0.1) is 11.4 Å². The number of benzene rings is 1. The third kappa shape index (κ3) is 4.89. The highest BCUT2D eigenvalue weighted by Crippen LogP contribution is 2.27. The molecule has 4 aromatic rings. The van der Waals surface area contributed by atoms with Crippen molar-refractivity contribution in [2.24, 2.45) is 0 Å². The number of anilines is 2. The van der Waals surface area contributed by atoms with Gasteiger partial charge < -0.3 is 14.6 Å². The Morgan fingerprint density at radius 2 is 1.94 bits per heavy atom. The topological polar surface area (TPSA) is 120 Å². The first-order chi connectivity index (χ1) is 15.3. The van der Waals surface area contributed by atoms with Gasteiger partial charge in [-0.15, -0.1) is 0 Å². The lowest BCUT2D eigenvalue weighted by Crippen LogP contribution is -2.19. The van der Waals surface area contributed by atoms with E-state index in [1.165, 1.54) is 35.7 Å². The highest BCUT2D eigenvalue weighted by molar-refractivity contribution is 5.99. The Bertz CT molecular complexity index is 1230. The predicted octanol–water partition coefficient (Wildman–Crippen LogP) is 4.52. The van der Waals surface area contributed by atoms with Crippen molar-refractivity contribution in [3.05, 3.63) is 66.8 Å². The number of nitrogens with one attached hydrogen (secondary N) is 2. The summed E-state index contributed by atoms with van der Waals surface area (Å²) in [6.07, 6.45) is 4.43. The number of carbonyl (C=O) groups is 1. The summed E-state index contributed by atoms with van der Waals surface area (Å²) in [5.74, 6) is 0.667. The van der Waals surface area contributed by atoms with E-state index in [4.69, 9.17) is 9.26 Å². The molecule has 32 heavy (non-hydrogen) atoms. The van der Waals surface area contributed by atoms with Crippen LogP contribution in [0.2, 0.25) is 0 Å². The first-order valence-electron chi connectivity index (χ1n) is 9.61. The number of hydrogen-bond acceptors (Lipinski definition) is 7. The minimum absolute atomic E-state index is 0.0246. The lowest BCUT2D eigenvalue weighted by atomic mass is 9.92. The zero-order valence-corrected chi connectivity index (χ0v) is 17.5. The number of nitrogens with zero attached hydrogens (tertiary/aromatic N) is 5. The second-order valence-corrected chi connectivity index (χ2v) is 7.84. The normalized spacial score (nSPS) is 11.2. The van der Waals surface area contributed by atoms with Gasteiger partial charge in [0.2, 0.25) is 5.88 Å². The van der Waals surface area contributed by atoms with E-state index in [1.807, 2.05) is 20.8 Å². The zero-order valence-electron chi connectivity index (χ0n) is 17.5. The summed E-state index contributed by atoms with van der Waals surface area (Å²) in [5.41, 5.74) is 0.430. The van der Waals surface area contributed by atoms with Gasteiger partial charge in [-0.25, -0.2) is 23.8 Å². The Labute approximate surface area is 182 Å². The van der Waals surface area contributed by atoms with E-state index in [1.54, 1.807) is 18.2 Å². The van der Waals surface area contributed by atoms with Gasteiger partial charge in [-0.3, -0.25) is 5.32 Å². The van der Waals surface area contributed by atoms with E-state index < -0.39 is 11.8 Å². The number of ether oxygens (including phenoxy) is 1. The number of halogens is 1. The maximum atomic E-state index is 14.5. The van der Waals surface area contributed by atoms with Gasteiger partial charge in [-0.05, 0) is 18.2 Å². The van der Waals surface area contributed by atoms with Gasteiger partial charge in [0, 0.05) is 29.8 Å². The molecule has 0 aliphatic rings. The van der Waals surface area contributed by atoms with E-state index in [9.17, 15) is 9.18 Å². The van der Waals surface area contributed by atoms with Crippen LogP contribution in [0, 0.1) is 5.82 Å². The Hall–Kier alpha value is -4.28. The molecule has 1 aromatic carbocycles. The molecule has 2 amide bonds. The molecule has 0 aliphatic carbocycles. The molecule has 10 nitrogen and oxygen atoms in total. The van der Waals surface area contributed by atoms with Crippen molar-refractivity contribution in [2.75, 3.05) is 10.6 Å². The molecule has 0 aliphatic heterocycles. The lowest BCUT2D eigenvalue weighted by molar-refractivity contribution is 0.261. The van der Waals surface area contributed by atoms with Crippen molar-refractivity contribution < 1.29 is 18.4 Å². The molecule has 0 saturated carbocycles. The number of carbonyl (C=O) groups excluding carboxylic acids is 1. The van der Waals surface area contributed by atoms with Crippen LogP contribution in [-0.2, 0) is 5.41 Å². The van der Waals surface area contributed by atoms with E-state index in [0.717, 1.165) is 6.07 Å². The van der Waals surface area contributed by atoms with Crippen molar-refractivity contribution in [3.63, 3.8) is 0 Å². The predicted molar refractivity (Wildman–Crippen MR) is 113 cm³/mol. The second-order valence-electron chi connectivity index (χ2n) is 7.84. The van der Waals surface area contributed by atoms with E-state index in [2.05, 4.69) is 30.9 Å². The fourth-order valence-corrected chi connectivity index (χ4v) is 2.66. The second kappa shape index (κ2) is 8.46. The number of pyridine rings is 1. The maximum Gasteiger partial charge on any atom is 0.326 e. The first kappa shape index (κ1) is 21.0. The molecule has 0 atom stereocenters. The quantitative estimate of drug-likeness (QED) is 0.471. The third-order valence-corrected chi connectivity index (χ3v) is 4.31. The number of amides is 2. The van der Waals surface area contributed by atoms with E-state index in [-0.39, 0.29) is 22.7 Å². The van der Waals surface area contributed by atoms with Crippen molar-refractivity contribution in [3.8, 4) is 17.3 Å². The molecule has 11 heteroatoms. The van der Waals surface area contributed by atoms with Gasteiger partial charge in [0.15, 0.2) is 5.82 Å². The fraction of sp³-hybridized carbons (Fsp3) is 0.190.